The minimum Gasteiger partial charge on any atom is -0.387 e. The second-order valence-corrected chi connectivity index (χ2v) is 4.91. The topological polar surface area (TPSA) is 104 Å². The van der Waals surface area contributed by atoms with Gasteiger partial charge in [-0.3, -0.25) is 10.1 Å². The number of rotatable bonds is 6. The number of aliphatic hydroxyl groups is 1. The summed E-state index contributed by atoms with van der Waals surface area (Å²) < 4.78 is 0. The number of nitro groups is 1. The van der Waals surface area contributed by atoms with E-state index in [0.717, 1.165) is 5.56 Å². The van der Waals surface area contributed by atoms with Gasteiger partial charge in [-0.2, -0.15) is 0 Å². The summed E-state index contributed by atoms with van der Waals surface area (Å²) >= 11 is 0. The Morgan fingerprint density at radius 1 is 1.09 bits per heavy atom. The van der Waals surface area contributed by atoms with Crippen LogP contribution >= 0.6 is 0 Å². The molecule has 2 aromatic carbocycles. The maximum absolute atomic E-state index is 11.7. The summed E-state index contributed by atoms with van der Waals surface area (Å²) in [6.45, 7) is 0.402. The van der Waals surface area contributed by atoms with Crippen LogP contribution in [-0.4, -0.2) is 22.6 Å². The fraction of sp³-hybridized carbons (Fsp3) is 0.188. The van der Waals surface area contributed by atoms with Crippen LogP contribution in [0.1, 0.15) is 17.2 Å². The molecule has 0 spiro atoms. The maximum atomic E-state index is 11.7. The van der Waals surface area contributed by atoms with Crippen molar-refractivity contribution in [1.82, 2.24) is 10.6 Å². The molecular weight excluding hydrogens is 298 g/mol. The Labute approximate surface area is 133 Å². The van der Waals surface area contributed by atoms with Crippen molar-refractivity contribution in [2.45, 2.75) is 12.6 Å². The highest BCUT2D eigenvalue weighted by molar-refractivity contribution is 5.73. The number of hydrogen-bond acceptors (Lipinski definition) is 4. The maximum Gasteiger partial charge on any atom is 0.315 e. The lowest BCUT2D eigenvalue weighted by Crippen LogP contribution is -2.37. The molecule has 3 N–H and O–H groups in total. The summed E-state index contributed by atoms with van der Waals surface area (Å²) in [6, 6.07) is 14.6. The Hall–Kier alpha value is -2.93. The summed E-state index contributed by atoms with van der Waals surface area (Å²) in [4.78, 5) is 21.7. The highest BCUT2D eigenvalue weighted by Crippen LogP contribution is 2.17. The van der Waals surface area contributed by atoms with Crippen LogP contribution in [0.25, 0.3) is 0 Å². The van der Waals surface area contributed by atoms with E-state index in [2.05, 4.69) is 10.6 Å². The average Bonchev–Trinajstić information content (AvgIpc) is 2.58. The Balaban J connectivity index is 1.78. The number of nitrogens with zero attached hydrogens (tertiary/aromatic N) is 1. The number of urea groups is 1. The molecule has 0 aliphatic carbocycles. The predicted molar refractivity (Wildman–Crippen MR) is 84.7 cm³/mol. The second kappa shape index (κ2) is 7.90. The zero-order valence-electron chi connectivity index (χ0n) is 12.3. The third-order valence-corrected chi connectivity index (χ3v) is 3.24. The van der Waals surface area contributed by atoms with Crippen molar-refractivity contribution >= 4 is 11.7 Å². The number of carbonyl (C=O) groups excluding carboxylic acids is 1. The first-order valence-corrected chi connectivity index (χ1v) is 7.04. The number of amides is 2. The monoisotopic (exact) mass is 315 g/mol. The van der Waals surface area contributed by atoms with Crippen molar-refractivity contribution < 1.29 is 14.8 Å². The molecule has 2 aromatic rings. The standard InChI is InChI=1S/C16H17N3O4/c20-15(13-6-8-14(9-7-13)19(22)23)11-18-16(21)17-10-12-4-2-1-3-5-12/h1-9,15,20H,10-11H2,(H2,17,18,21)/t15-/m1/s1. The van der Waals surface area contributed by atoms with Gasteiger partial charge in [-0.1, -0.05) is 30.3 Å². The van der Waals surface area contributed by atoms with Crippen molar-refractivity contribution in [1.29, 1.82) is 0 Å². The minimum absolute atomic E-state index is 0.0123. The molecule has 0 aliphatic rings. The predicted octanol–water partition coefficient (Wildman–Crippen LogP) is 2.13. The van der Waals surface area contributed by atoms with Crippen molar-refractivity contribution in [3.05, 3.63) is 75.8 Å². The Morgan fingerprint density at radius 2 is 1.74 bits per heavy atom. The minimum atomic E-state index is -0.932. The largest absolute Gasteiger partial charge is 0.387 e. The fourth-order valence-corrected chi connectivity index (χ4v) is 1.97. The number of carbonyl (C=O) groups is 1. The summed E-state index contributed by atoms with van der Waals surface area (Å²) in [7, 11) is 0. The van der Waals surface area contributed by atoms with E-state index in [1.807, 2.05) is 30.3 Å². The Morgan fingerprint density at radius 3 is 2.35 bits per heavy atom. The van der Waals surface area contributed by atoms with Crippen LogP contribution in [0.2, 0.25) is 0 Å². The smallest absolute Gasteiger partial charge is 0.315 e. The zero-order chi connectivity index (χ0) is 16.7. The number of hydrogen-bond donors (Lipinski definition) is 3. The third kappa shape index (κ3) is 5.08. The molecule has 0 radical (unpaired) electrons. The SMILES string of the molecule is O=C(NCc1ccccc1)NC[C@@H](O)c1ccc([N+](=O)[O-])cc1. The van der Waals surface area contributed by atoms with Crippen LogP contribution in [0.3, 0.4) is 0 Å². The lowest BCUT2D eigenvalue weighted by Gasteiger charge is -2.13. The van der Waals surface area contributed by atoms with Crippen LogP contribution < -0.4 is 10.6 Å². The lowest BCUT2D eigenvalue weighted by atomic mass is 10.1. The fourth-order valence-electron chi connectivity index (χ4n) is 1.97. The van der Waals surface area contributed by atoms with Gasteiger partial charge in [0.05, 0.1) is 11.0 Å². The van der Waals surface area contributed by atoms with E-state index in [4.69, 9.17) is 0 Å². The highest BCUT2D eigenvalue weighted by Gasteiger charge is 2.11. The van der Waals surface area contributed by atoms with E-state index in [-0.39, 0.29) is 12.2 Å². The van der Waals surface area contributed by atoms with Crippen LogP contribution in [-0.2, 0) is 6.54 Å². The Bertz CT molecular complexity index is 659. The number of nitrogens with one attached hydrogen (secondary N) is 2. The third-order valence-electron chi connectivity index (χ3n) is 3.24. The van der Waals surface area contributed by atoms with Crippen molar-refractivity contribution in [3.63, 3.8) is 0 Å². The molecule has 120 valence electrons. The number of non-ortho nitro benzene ring substituents is 1. The quantitative estimate of drug-likeness (QED) is 0.561. The van der Waals surface area contributed by atoms with Crippen LogP contribution in [0.15, 0.2) is 54.6 Å². The van der Waals surface area contributed by atoms with E-state index < -0.39 is 17.1 Å². The second-order valence-electron chi connectivity index (χ2n) is 4.91. The molecule has 0 aliphatic heterocycles. The van der Waals surface area contributed by atoms with Gasteiger partial charge in [0.15, 0.2) is 0 Å². The first kappa shape index (κ1) is 16.4. The summed E-state index contributed by atoms with van der Waals surface area (Å²) in [5.41, 5.74) is 1.42. The van der Waals surface area contributed by atoms with E-state index >= 15 is 0 Å². The van der Waals surface area contributed by atoms with E-state index in [1.165, 1.54) is 24.3 Å². The van der Waals surface area contributed by atoms with Gasteiger partial charge < -0.3 is 15.7 Å². The van der Waals surface area contributed by atoms with Crippen LogP contribution in [0.5, 0.6) is 0 Å². The number of benzene rings is 2. The van der Waals surface area contributed by atoms with Gasteiger partial charge in [0, 0.05) is 25.2 Å². The molecule has 7 nitrogen and oxygen atoms in total. The molecule has 0 heterocycles. The summed E-state index contributed by atoms with van der Waals surface area (Å²) in [5, 5.41) is 25.8. The van der Waals surface area contributed by atoms with E-state index in [0.29, 0.717) is 12.1 Å². The van der Waals surface area contributed by atoms with Gasteiger partial charge in [-0.25, -0.2) is 4.79 Å². The van der Waals surface area contributed by atoms with Crippen molar-refractivity contribution in [2.24, 2.45) is 0 Å². The molecule has 23 heavy (non-hydrogen) atoms. The van der Waals surface area contributed by atoms with Gasteiger partial charge in [-0.05, 0) is 23.3 Å². The normalized spacial score (nSPS) is 11.5. The zero-order valence-corrected chi connectivity index (χ0v) is 12.3. The molecule has 2 amide bonds. The molecule has 1 atom stereocenters. The van der Waals surface area contributed by atoms with E-state index in [9.17, 15) is 20.0 Å². The van der Waals surface area contributed by atoms with Gasteiger partial charge in [-0.15, -0.1) is 0 Å². The molecular formula is C16H17N3O4. The lowest BCUT2D eigenvalue weighted by molar-refractivity contribution is -0.384. The Kier molecular flexibility index (Phi) is 5.65. The van der Waals surface area contributed by atoms with Crippen LogP contribution in [0.4, 0.5) is 10.5 Å². The van der Waals surface area contributed by atoms with Gasteiger partial charge in [0.25, 0.3) is 5.69 Å². The molecule has 7 heteroatoms. The van der Waals surface area contributed by atoms with Crippen LogP contribution in [0, 0.1) is 10.1 Å². The average molecular weight is 315 g/mol. The molecule has 0 saturated heterocycles. The molecule has 0 unspecified atom stereocenters. The molecule has 0 fully saturated rings. The molecule has 0 aromatic heterocycles. The van der Waals surface area contributed by atoms with Crippen molar-refractivity contribution in [3.8, 4) is 0 Å². The first-order valence-electron chi connectivity index (χ1n) is 7.04. The highest BCUT2D eigenvalue weighted by atomic mass is 16.6. The molecule has 2 rings (SSSR count). The van der Waals surface area contributed by atoms with Crippen molar-refractivity contribution in [2.75, 3.05) is 6.54 Å². The van der Waals surface area contributed by atoms with E-state index in [1.54, 1.807) is 0 Å². The summed E-state index contributed by atoms with van der Waals surface area (Å²) in [6.07, 6.45) is -0.932. The summed E-state index contributed by atoms with van der Waals surface area (Å²) in [5.74, 6) is 0. The molecule has 0 saturated carbocycles. The number of aliphatic hydroxyl groups excluding tert-OH is 1. The van der Waals surface area contributed by atoms with Gasteiger partial charge in [0.2, 0.25) is 0 Å². The van der Waals surface area contributed by atoms with Gasteiger partial charge >= 0.3 is 6.03 Å². The number of nitro benzene ring substituents is 1. The first-order chi connectivity index (χ1) is 11.1. The molecule has 0 bridgehead atoms. The van der Waals surface area contributed by atoms with Gasteiger partial charge in [0.1, 0.15) is 0 Å².